The molecule has 2 aromatic rings. The van der Waals surface area contributed by atoms with Crippen LogP contribution in [0.4, 0.5) is 18.9 Å². The molecule has 0 radical (unpaired) electrons. The average molecular weight is 311 g/mol. The molecule has 1 N–H and O–H groups in total. The summed E-state index contributed by atoms with van der Waals surface area (Å²) >= 11 is 0. The number of carbonyl (C=O) groups is 1. The summed E-state index contributed by atoms with van der Waals surface area (Å²) in [5.41, 5.74) is -0.175. The van der Waals surface area contributed by atoms with Gasteiger partial charge >= 0.3 is 0 Å². The van der Waals surface area contributed by atoms with E-state index in [1.54, 1.807) is 0 Å². The average Bonchev–Trinajstić information content (AvgIpc) is 2.49. The van der Waals surface area contributed by atoms with Gasteiger partial charge in [-0.2, -0.15) is 8.78 Å². The first kappa shape index (κ1) is 17.4. The van der Waals surface area contributed by atoms with Crippen LogP contribution >= 0.6 is 0 Å². The van der Waals surface area contributed by atoms with Gasteiger partial charge in [0.1, 0.15) is 0 Å². The van der Waals surface area contributed by atoms with Crippen molar-refractivity contribution in [1.29, 1.82) is 0 Å². The Morgan fingerprint density at radius 2 is 1.91 bits per heavy atom. The van der Waals surface area contributed by atoms with Crippen molar-refractivity contribution in [1.82, 2.24) is 9.97 Å². The van der Waals surface area contributed by atoms with E-state index in [2.05, 4.69) is 15.3 Å². The fraction of sp³-hybridized carbons (Fsp3) is 0.133. The SMILES string of the molecule is CC.O=C(Nc1ccncc1)c1ncc(C=C(F)F)cc1F.[HH]. The zero-order valence-corrected chi connectivity index (χ0v) is 12.0. The van der Waals surface area contributed by atoms with Crippen molar-refractivity contribution >= 4 is 17.7 Å². The minimum atomic E-state index is -1.97. The molecule has 2 aromatic heterocycles. The van der Waals surface area contributed by atoms with Crippen LogP contribution in [-0.4, -0.2) is 15.9 Å². The van der Waals surface area contributed by atoms with E-state index < -0.39 is 23.5 Å². The Kier molecular flexibility index (Phi) is 6.75. The second-order valence-electron chi connectivity index (χ2n) is 3.72. The molecule has 4 nitrogen and oxygen atoms in total. The molecule has 22 heavy (non-hydrogen) atoms. The standard InChI is InChI=1S/C13H8F3N3O.C2H6.H2/c14-10-5-8(6-11(15)16)7-18-12(10)13(20)19-9-1-3-17-4-2-9;1-2;/h1-7H,(H,17,19,20);1-2H3;1H. The first-order chi connectivity index (χ1) is 10.6. The van der Waals surface area contributed by atoms with Crippen LogP contribution in [0.5, 0.6) is 0 Å². The normalized spacial score (nSPS) is 9.32. The number of nitrogens with one attached hydrogen (secondary N) is 1. The van der Waals surface area contributed by atoms with Crippen LogP contribution < -0.4 is 5.32 Å². The van der Waals surface area contributed by atoms with E-state index in [-0.39, 0.29) is 6.99 Å². The summed E-state index contributed by atoms with van der Waals surface area (Å²) in [5, 5.41) is 2.41. The first-order valence-corrected chi connectivity index (χ1v) is 6.46. The van der Waals surface area contributed by atoms with Gasteiger partial charge in [-0.3, -0.25) is 9.78 Å². The number of hydrogen-bond donors (Lipinski definition) is 1. The maximum atomic E-state index is 13.6. The summed E-state index contributed by atoms with van der Waals surface area (Å²) in [5.74, 6) is -1.75. The smallest absolute Gasteiger partial charge is 0.277 e. The predicted molar refractivity (Wildman–Crippen MR) is 80.0 cm³/mol. The molecule has 0 bridgehead atoms. The van der Waals surface area contributed by atoms with E-state index in [1.807, 2.05) is 13.8 Å². The van der Waals surface area contributed by atoms with Crippen LogP contribution in [0.25, 0.3) is 6.08 Å². The van der Waals surface area contributed by atoms with E-state index in [4.69, 9.17) is 0 Å². The third-order valence-electron chi connectivity index (χ3n) is 2.29. The lowest BCUT2D eigenvalue weighted by atomic mass is 10.2. The fourth-order valence-corrected chi connectivity index (χ4v) is 1.45. The van der Waals surface area contributed by atoms with E-state index in [9.17, 15) is 18.0 Å². The zero-order chi connectivity index (χ0) is 16.5. The highest BCUT2D eigenvalue weighted by molar-refractivity contribution is 6.03. The highest BCUT2D eigenvalue weighted by Gasteiger charge is 2.14. The van der Waals surface area contributed by atoms with Crippen molar-refractivity contribution in [3.8, 4) is 0 Å². The second kappa shape index (κ2) is 8.56. The third kappa shape index (κ3) is 5.01. The Labute approximate surface area is 127 Å². The van der Waals surface area contributed by atoms with Gasteiger partial charge in [-0.05, 0) is 18.2 Å². The lowest BCUT2D eigenvalue weighted by Gasteiger charge is -2.05. The largest absolute Gasteiger partial charge is 0.320 e. The molecule has 0 aliphatic heterocycles. The minimum absolute atomic E-state index is 0. The summed E-state index contributed by atoms with van der Waals surface area (Å²) in [6, 6.07) is 3.85. The molecule has 0 aliphatic carbocycles. The van der Waals surface area contributed by atoms with E-state index in [0.717, 1.165) is 12.3 Å². The van der Waals surface area contributed by atoms with Gasteiger partial charge in [0.2, 0.25) is 0 Å². The van der Waals surface area contributed by atoms with Crippen LogP contribution in [0.3, 0.4) is 0 Å². The Hall–Kier alpha value is -2.70. The Balaban J connectivity index is 0.00000155. The van der Waals surface area contributed by atoms with Crippen molar-refractivity contribution < 1.29 is 19.4 Å². The van der Waals surface area contributed by atoms with Gasteiger partial charge in [0.25, 0.3) is 12.0 Å². The maximum absolute atomic E-state index is 13.6. The molecule has 0 fully saturated rings. The molecule has 0 aromatic carbocycles. The number of amides is 1. The molecular formula is C15H16F3N3O. The highest BCUT2D eigenvalue weighted by atomic mass is 19.3. The number of nitrogens with zero attached hydrogens (tertiary/aromatic N) is 2. The van der Waals surface area contributed by atoms with Crippen molar-refractivity contribution in [2.75, 3.05) is 5.32 Å². The number of rotatable bonds is 3. The molecule has 1 amide bonds. The van der Waals surface area contributed by atoms with Gasteiger partial charge in [-0.1, -0.05) is 13.8 Å². The van der Waals surface area contributed by atoms with Crippen molar-refractivity contribution in [3.63, 3.8) is 0 Å². The summed E-state index contributed by atoms with van der Waals surface area (Å²) in [7, 11) is 0. The van der Waals surface area contributed by atoms with Crippen molar-refractivity contribution in [2.24, 2.45) is 0 Å². The predicted octanol–water partition coefficient (Wildman–Crippen LogP) is 4.38. The first-order valence-electron chi connectivity index (χ1n) is 6.46. The van der Waals surface area contributed by atoms with Crippen molar-refractivity contribution in [2.45, 2.75) is 13.8 Å². The van der Waals surface area contributed by atoms with E-state index in [1.165, 1.54) is 24.5 Å². The molecule has 118 valence electrons. The summed E-state index contributed by atoms with van der Waals surface area (Å²) in [6.45, 7) is 4.00. The highest BCUT2D eigenvalue weighted by Crippen LogP contribution is 2.13. The van der Waals surface area contributed by atoms with Crippen molar-refractivity contribution in [3.05, 3.63) is 59.9 Å². The second-order valence-corrected chi connectivity index (χ2v) is 3.72. The molecule has 2 rings (SSSR count). The number of carbonyl (C=O) groups excluding carboxylic acids is 1. The maximum Gasteiger partial charge on any atom is 0.277 e. The van der Waals surface area contributed by atoms with Crippen LogP contribution in [-0.2, 0) is 0 Å². The van der Waals surface area contributed by atoms with Gasteiger partial charge in [0.15, 0.2) is 11.5 Å². The topological polar surface area (TPSA) is 54.9 Å². The molecular weight excluding hydrogens is 295 g/mol. The van der Waals surface area contributed by atoms with Gasteiger partial charge in [-0.25, -0.2) is 9.37 Å². The summed E-state index contributed by atoms with van der Waals surface area (Å²) in [6.07, 6.45) is 2.39. The number of aromatic nitrogens is 2. The summed E-state index contributed by atoms with van der Waals surface area (Å²) in [4.78, 5) is 19.1. The molecule has 0 unspecified atom stereocenters. The quantitative estimate of drug-likeness (QED) is 0.915. The molecule has 0 spiro atoms. The number of anilines is 1. The molecule has 7 heteroatoms. The van der Waals surface area contributed by atoms with Gasteiger partial charge in [0.05, 0.1) is 0 Å². The van der Waals surface area contributed by atoms with Gasteiger partial charge < -0.3 is 5.32 Å². The van der Waals surface area contributed by atoms with Crippen LogP contribution in [0.1, 0.15) is 31.3 Å². The summed E-state index contributed by atoms with van der Waals surface area (Å²) < 4.78 is 37.7. The van der Waals surface area contributed by atoms with Crippen LogP contribution in [0.15, 0.2) is 42.9 Å². The fourth-order valence-electron chi connectivity index (χ4n) is 1.45. The zero-order valence-electron chi connectivity index (χ0n) is 12.0. The van der Waals surface area contributed by atoms with E-state index >= 15 is 0 Å². The Morgan fingerprint density at radius 3 is 2.45 bits per heavy atom. The van der Waals surface area contributed by atoms with Crippen LogP contribution in [0.2, 0.25) is 0 Å². The number of halogens is 3. The lowest BCUT2D eigenvalue weighted by molar-refractivity contribution is 0.101. The molecule has 0 saturated heterocycles. The van der Waals surface area contributed by atoms with Gasteiger partial charge in [-0.15, -0.1) is 0 Å². The Morgan fingerprint density at radius 1 is 1.27 bits per heavy atom. The molecule has 0 aliphatic rings. The monoisotopic (exact) mass is 311 g/mol. The Bertz CT molecular complexity index is 662. The number of hydrogen-bond acceptors (Lipinski definition) is 3. The molecule has 2 heterocycles. The van der Waals surface area contributed by atoms with Gasteiger partial charge in [0, 0.05) is 37.3 Å². The lowest BCUT2D eigenvalue weighted by Crippen LogP contribution is -2.15. The third-order valence-corrected chi connectivity index (χ3v) is 2.29. The number of pyridine rings is 2. The molecule has 0 atom stereocenters. The minimum Gasteiger partial charge on any atom is -0.320 e. The molecule has 0 saturated carbocycles. The van der Waals surface area contributed by atoms with E-state index in [0.29, 0.717) is 11.8 Å². The van der Waals surface area contributed by atoms with Crippen LogP contribution in [0, 0.1) is 5.82 Å².